The SMILES string of the molecule is CC[C@H](C)NC(=O)c1ccc(N2CCNCC2)c(NS(=O)(=O)c2ccc(Cl)cc2)c1. The van der Waals surface area contributed by atoms with Gasteiger partial charge >= 0.3 is 0 Å². The number of nitrogens with one attached hydrogen (secondary N) is 3. The quantitative estimate of drug-likeness (QED) is 0.603. The van der Waals surface area contributed by atoms with Gasteiger partial charge in [0.2, 0.25) is 0 Å². The number of carbonyl (C=O) groups excluding carboxylic acids is 1. The van der Waals surface area contributed by atoms with Crippen molar-refractivity contribution in [2.75, 3.05) is 35.8 Å². The predicted molar refractivity (Wildman–Crippen MR) is 121 cm³/mol. The smallest absolute Gasteiger partial charge is 0.261 e. The van der Waals surface area contributed by atoms with Crippen LogP contribution >= 0.6 is 11.6 Å². The second kappa shape index (κ2) is 9.68. The van der Waals surface area contributed by atoms with Gasteiger partial charge in [-0.05, 0) is 55.8 Å². The number of anilines is 2. The van der Waals surface area contributed by atoms with E-state index in [1.54, 1.807) is 18.2 Å². The topological polar surface area (TPSA) is 90.5 Å². The Balaban J connectivity index is 1.96. The molecule has 0 unspecified atom stereocenters. The summed E-state index contributed by atoms with van der Waals surface area (Å²) in [7, 11) is -3.84. The highest BCUT2D eigenvalue weighted by atomic mass is 35.5. The maximum atomic E-state index is 13.0. The maximum Gasteiger partial charge on any atom is 0.261 e. The van der Waals surface area contributed by atoms with Crippen LogP contribution in [0.4, 0.5) is 11.4 Å². The van der Waals surface area contributed by atoms with E-state index in [1.165, 1.54) is 24.3 Å². The number of rotatable bonds is 7. The molecule has 0 spiro atoms. The third kappa shape index (κ3) is 5.44. The fourth-order valence-electron chi connectivity index (χ4n) is 3.17. The number of sulfonamides is 1. The largest absolute Gasteiger partial charge is 0.367 e. The minimum absolute atomic E-state index is 0.0274. The molecule has 0 saturated carbocycles. The number of nitrogens with zero attached hydrogens (tertiary/aromatic N) is 1. The van der Waals surface area contributed by atoms with E-state index >= 15 is 0 Å². The predicted octanol–water partition coefficient (Wildman–Crippen LogP) is 3.08. The fourth-order valence-corrected chi connectivity index (χ4v) is 4.36. The van der Waals surface area contributed by atoms with Crippen molar-refractivity contribution in [1.82, 2.24) is 10.6 Å². The van der Waals surface area contributed by atoms with Crippen molar-refractivity contribution < 1.29 is 13.2 Å². The van der Waals surface area contributed by atoms with Gasteiger partial charge in [-0.15, -0.1) is 0 Å². The molecule has 162 valence electrons. The molecule has 30 heavy (non-hydrogen) atoms. The summed E-state index contributed by atoms with van der Waals surface area (Å²) in [5.74, 6) is -0.233. The van der Waals surface area contributed by atoms with Crippen LogP contribution in [0.5, 0.6) is 0 Å². The van der Waals surface area contributed by atoms with Gasteiger partial charge in [0.25, 0.3) is 15.9 Å². The van der Waals surface area contributed by atoms with Crippen molar-refractivity contribution in [2.24, 2.45) is 0 Å². The molecule has 1 heterocycles. The molecule has 1 aliphatic heterocycles. The van der Waals surface area contributed by atoms with Crippen molar-refractivity contribution in [2.45, 2.75) is 31.2 Å². The van der Waals surface area contributed by atoms with E-state index in [0.717, 1.165) is 38.3 Å². The molecule has 0 radical (unpaired) electrons. The van der Waals surface area contributed by atoms with Gasteiger partial charge in [-0.1, -0.05) is 18.5 Å². The van der Waals surface area contributed by atoms with Crippen LogP contribution < -0.4 is 20.3 Å². The first kappa shape index (κ1) is 22.4. The van der Waals surface area contributed by atoms with Crippen molar-refractivity contribution in [3.05, 3.63) is 53.1 Å². The van der Waals surface area contributed by atoms with Gasteiger partial charge in [0.1, 0.15) is 0 Å². The highest BCUT2D eigenvalue weighted by Crippen LogP contribution is 2.30. The summed E-state index contributed by atoms with van der Waals surface area (Å²) in [5, 5.41) is 6.66. The Morgan fingerprint density at radius 2 is 1.83 bits per heavy atom. The first-order chi connectivity index (χ1) is 14.3. The maximum absolute atomic E-state index is 13.0. The molecule has 1 amide bonds. The summed E-state index contributed by atoms with van der Waals surface area (Å²) in [5.41, 5.74) is 1.53. The van der Waals surface area contributed by atoms with Crippen LogP contribution in [0.15, 0.2) is 47.4 Å². The van der Waals surface area contributed by atoms with E-state index in [2.05, 4.69) is 20.3 Å². The lowest BCUT2D eigenvalue weighted by atomic mass is 10.1. The van der Waals surface area contributed by atoms with E-state index in [9.17, 15) is 13.2 Å². The number of piperazine rings is 1. The van der Waals surface area contributed by atoms with Crippen molar-refractivity contribution in [3.8, 4) is 0 Å². The van der Waals surface area contributed by atoms with Gasteiger partial charge < -0.3 is 15.5 Å². The zero-order chi connectivity index (χ0) is 21.7. The van der Waals surface area contributed by atoms with Gasteiger partial charge in [-0.3, -0.25) is 9.52 Å². The van der Waals surface area contributed by atoms with Crippen LogP contribution in [0, 0.1) is 0 Å². The molecule has 7 nitrogen and oxygen atoms in total. The molecule has 0 aromatic heterocycles. The van der Waals surface area contributed by atoms with E-state index in [-0.39, 0.29) is 16.8 Å². The molecule has 1 aliphatic rings. The normalized spacial score (nSPS) is 15.5. The molecule has 1 atom stereocenters. The Kier molecular flexibility index (Phi) is 7.23. The highest BCUT2D eigenvalue weighted by Gasteiger charge is 2.21. The van der Waals surface area contributed by atoms with Crippen LogP contribution in [0.2, 0.25) is 5.02 Å². The zero-order valence-electron chi connectivity index (χ0n) is 17.1. The summed E-state index contributed by atoms with van der Waals surface area (Å²) < 4.78 is 28.6. The summed E-state index contributed by atoms with van der Waals surface area (Å²) >= 11 is 5.89. The van der Waals surface area contributed by atoms with Crippen LogP contribution in [-0.4, -0.2) is 46.5 Å². The second-order valence-electron chi connectivity index (χ2n) is 7.31. The lowest BCUT2D eigenvalue weighted by molar-refractivity contribution is 0.0939. The molecule has 0 bridgehead atoms. The average Bonchev–Trinajstić information content (AvgIpc) is 2.74. The van der Waals surface area contributed by atoms with Crippen LogP contribution in [0.3, 0.4) is 0 Å². The molecule has 3 rings (SSSR count). The van der Waals surface area contributed by atoms with Gasteiger partial charge in [-0.2, -0.15) is 0 Å². The highest BCUT2D eigenvalue weighted by molar-refractivity contribution is 7.92. The number of hydrogen-bond acceptors (Lipinski definition) is 5. The average molecular weight is 451 g/mol. The summed E-state index contributed by atoms with van der Waals surface area (Å²) in [6.07, 6.45) is 0.806. The molecular weight excluding hydrogens is 424 g/mol. The van der Waals surface area contributed by atoms with Gasteiger partial charge in [0.15, 0.2) is 0 Å². The molecule has 9 heteroatoms. The van der Waals surface area contributed by atoms with E-state index in [0.29, 0.717) is 16.3 Å². The Hall–Kier alpha value is -2.29. The Labute approximate surface area is 182 Å². The summed E-state index contributed by atoms with van der Waals surface area (Å²) in [6, 6.07) is 11.1. The van der Waals surface area contributed by atoms with Crippen molar-refractivity contribution in [1.29, 1.82) is 0 Å². The van der Waals surface area contributed by atoms with Crippen LogP contribution in [0.25, 0.3) is 0 Å². The minimum Gasteiger partial charge on any atom is -0.367 e. The fraction of sp³-hybridized carbons (Fsp3) is 0.381. The Bertz CT molecular complexity index is 990. The molecule has 2 aromatic rings. The van der Waals surface area contributed by atoms with Gasteiger partial charge in [-0.25, -0.2) is 8.42 Å². The van der Waals surface area contributed by atoms with Gasteiger partial charge in [0, 0.05) is 42.8 Å². The molecule has 1 fully saturated rings. The summed E-state index contributed by atoms with van der Waals surface area (Å²) in [4.78, 5) is 14.8. The van der Waals surface area contributed by atoms with Gasteiger partial charge in [0.05, 0.1) is 16.3 Å². The third-order valence-corrected chi connectivity index (χ3v) is 6.71. The Morgan fingerprint density at radius 1 is 1.17 bits per heavy atom. The molecule has 2 aromatic carbocycles. The summed E-state index contributed by atoms with van der Waals surface area (Å²) in [6.45, 7) is 7.02. The third-order valence-electron chi connectivity index (χ3n) is 5.07. The number of carbonyl (C=O) groups is 1. The zero-order valence-corrected chi connectivity index (χ0v) is 18.7. The Morgan fingerprint density at radius 3 is 2.47 bits per heavy atom. The van der Waals surface area contributed by atoms with Crippen LogP contribution in [0.1, 0.15) is 30.6 Å². The number of amides is 1. The first-order valence-electron chi connectivity index (χ1n) is 9.99. The first-order valence-corrected chi connectivity index (χ1v) is 11.8. The van der Waals surface area contributed by atoms with Crippen LogP contribution in [-0.2, 0) is 10.0 Å². The number of benzene rings is 2. The minimum atomic E-state index is -3.84. The lowest BCUT2D eigenvalue weighted by Crippen LogP contribution is -2.43. The van der Waals surface area contributed by atoms with Crippen molar-refractivity contribution in [3.63, 3.8) is 0 Å². The molecule has 1 saturated heterocycles. The van der Waals surface area contributed by atoms with E-state index < -0.39 is 10.0 Å². The second-order valence-corrected chi connectivity index (χ2v) is 9.43. The lowest BCUT2D eigenvalue weighted by Gasteiger charge is -2.31. The molecule has 3 N–H and O–H groups in total. The van der Waals surface area contributed by atoms with E-state index in [4.69, 9.17) is 11.6 Å². The van der Waals surface area contributed by atoms with Crippen molar-refractivity contribution >= 4 is 38.9 Å². The number of halogens is 1. The van der Waals surface area contributed by atoms with E-state index in [1.807, 2.05) is 13.8 Å². The molecular formula is C21H27ClN4O3S. The molecule has 0 aliphatic carbocycles. The standard InChI is InChI=1S/C21H27ClN4O3S/c1-3-15(2)24-21(27)16-4-9-20(26-12-10-23-11-13-26)19(14-16)25-30(28,29)18-7-5-17(22)6-8-18/h4-9,14-15,23,25H,3,10-13H2,1-2H3,(H,24,27)/t15-/m0/s1. The number of hydrogen-bond donors (Lipinski definition) is 3. The monoisotopic (exact) mass is 450 g/mol.